The fourth-order valence-electron chi connectivity index (χ4n) is 5.11. The predicted molar refractivity (Wildman–Crippen MR) is 77.3 cm³/mol. The normalized spacial score (nSPS) is 40.7. The van der Waals surface area contributed by atoms with Gasteiger partial charge in [-0.2, -0.15) is 0 Å². The van der Waals surface area contributed by atoms with Crippen LogP contribution in [0.3, 0.4) is 0 Å². The molecular formula is C17H24O4. The number of carbonyl (C=O) groups excluding carboxylic acids is 2. The minimum Gasteiger partial charge on any atom is -0.462 e. The SMILES string of the molecule is CC(=O)OC1C=C2C(=O)OCC2C2(C)CCCC(C)(C)C12. The zero-order valence-electron chi connectivity index (χ0n) is 13.3. The summed E-state index contributed by atoms with van der Waals surface area (Å²) in [6.07, 6.45) is 4.86. The Morgan fingerprint density at radius 3 is 2.71 bits per heavy atom. The van der Waals surface area contributed by atoms with Gasteiger partial charge in [0.05, 0.1) is 6.61 Å². The molecule has 0 amide bonds. The van der Waals surface area contributed by atoms with E-state index in [0.717, 1.165) is 24.8 Å². The number of fused-ring (bicyclic) bond motifs is 3. The molecule has 0 radical (unpaired) electrons. The third kappa shape index (κ3) is 2.11. The highest BCUT2D eigenvalue weighted by atomic mass is 16.5. The van der Waals surface area contributed by atoms with Gasteiger partial charge in [0.15, 0.2) is 0 Å². The maximum atomic E-state index is 12.0. The second-order valence-corrected chi connectivity index (χ2v) is 7.67. The third-order valence-corrected chi connectivity index (χ3v) is 5.85. The van der Waals surface area contributed by atoms with Gasteiger partial charge in [-0.25, -0.2) is 4.79 Å². The fourth-order valence-corrected chi connectivity index (χ4v) is 5.11. The fraction of sp³-hybridized carbons (Fsp3) is 0.765. The Hall–Kier alpha value is -1.32. The Labute approximate surface area is 125 Å². The predicted octanol–water partition coefficient (Wildman–Crippen LogP) is 2.86. The molecule has 1 saturated heterocycles. The van der Waals surface area contributed by atoms with Crippen LogP contribution in [0.2, 0.25) is 0 Å². The number of cyclic esters (lactones) is 1. The van der Waals surface area contributed by atoms with Gasteiger partial charge in [0, 0.05) is 24.3 Å². The first-order valence-electron chi connectivity index (χ1n) is 7.82. The van der Waals surface area contributed by atoms with E-state index in [1.165, 1.54) is 6.92 Å². The Bertz CT molecular complexity index is 519. The minimum atomic E-state index is -0.320. The highest BCUT2D eigenvalue weighted by Gasteiger charge is 2.59. The zero-order chi connectivity index (χ0) is 15.4. The standard InChI is InChI=1S/C17H24O4/c1-10(18)21-13-8-11-12(9-20-15(11)19)17(4)7-5-6-16(2,3)14(13)17/h8,12-14H,5-7,9H2,1-4H3. The van der Waals surface area contributed by atoms with Crippen LogP contribution in [-0.4, -0.2) is 24.6 Å². The van der Waals surface area contributed by atoms with E-state index in [1.54, 1.807) is 0 Å². The van der Waals surface area contributed by atoms with Gasteiger partial charge in [0.2, 0.25) is 0 Å². The van der Waals surface area contributed by atoms with Crippen molar-refractivity contribution in [2.24, 2.45) is 22.7 Å². The Morgan fingerprint density at radius 1 is 1.33 bits per heavy atom. The molecule has 0 bridgehead atoms. The van der Waals surface area contributed by atoms with Crippen molar-refractivity contribution in [2.75, 3.05) is 6.61 Å². The van der Waals surface area contributed by atoms with Crippen LogP contribution in [-0.2, 0) is 19.1 Å². The number of carbonyl (C=O) groups is 2. The average molecular weight is 292 g/mol. The first-order valence-corrected chi connectivity index (χ1v) is 7.82. The first kappa shape index (κ1) is 14.6. The van der Waals surface area contributed by atoms with Crippen LogP contribution in [0, 0.1) is 22.7 Å². The Kier molecular flexibility index (Phi) is 3.19. The Balaban J connectivity index is 2.09. The summed E-state index contributed by atoms with van der Waals surface area (Å²) in [5.74, 6) is -0.155. The van der Waals surface area contributed by atoms with Crippen molar-refractivity contribution < 1.29 is 19.1 Å². The van der Waals surface area contributed by atoms with E-state index in [9.17, 15) is 9.59 Å². The molecule has 4 unspecified atom stereocenters. The van der Waals surface area contributed by atoms with Gasteiger partial charge < -0.3 is 9.47 Å². The van der Waals surface area contributed by atoms with E-state index in [4.69, 9.17) is 9.47 Å². The zero-order valence-corrected chi connectivity index (χ0v) is 13.3. The summed E-state index contributed by atoms with van der Waals surface area (Å²) in [4.78, 5) is 23.5. The van der Waals surface area contributed by atoms with Crippen LogP contribution < -0.4 is 0 Å². The molecule has 0 aromatic rings. The molecule has 0 N–H and O–H groups in total. The summed E-state index contributed by atoms with van der Waals surface area (Å²) in [5, 5.41) is 0. The summed E-state index contributed by atoms with van der Waals surface area (Å²) >= 11 is 0. The molecule has 1 heterocycles. The topological polar surface area (TPSA) is 52.6 Å². The molecule has 2 fully saturated rings. The summed E-state index contributed by atoms with van der Waals surface area (Å²) in [5.41, 5.74) is 0.761. The third-order valence-electron chi connectivity index (χ3n) is 5.85. The molecule has 116 valence electrons. The number of hydrogen-bond donors (Lipinski definition) is 0. The molecule has 0 aromatic carbocycles. The molecule has 4 atom stereocenters. The van der Waals surface area contributed by atoms with Crippen LogP contribution in [0.25, 0.3) is 0 Å². The van der Waals surface area contributed by atoms with Crippen molar-refractivity contribution in [3.05, 3.63) is 11.6 Å². The molecule has 2 aliphatic carbocycles. The lowest BCUT2D eigenvalue weighted by Gasteiger charge is -2.57. The number of esters is 2. The Morgan fingerprint density at radius 2 is 2.05 bits per heavy atom. The van der Waals surface area contributed by atoms with Crippen molar-refractivity contribution in [1.29, 1.82) is 0 Å². The summed E-state index contributed by atoms with van der Waals surface area (Å²) in [6, 6.07) is 0. The van der Waals surface area contributed by atoms with Gasteiger partial charge >= 0.3 is 11.9 Å². The number of hydrogen-bond acceptors (Lipinski definition) is 4. The van der Waals surface area contributed by atoms with Gasteiger partial charge in [-0.1, -0.05) is 27.2 Å². The van der Waals surface area contributed by atoms with Gasteiger partial charge in [-0.3, -0.25) is 4.79 Å². The van der Waals surface area contributed by atoms with Crippen molar-refractivity contribution in [1.82, 2.24) is 0 Å². The van der Waals surface area contributed by atoms with Crippen molar-refractivity contribution in [3.8, 4) is 0 Å². The molecule has 0 spiro atoms. The van der Waals surface area contributed by atoms with E-state index in [-0.39, 0.29) is 40.7 Å². The quantitative estimate of drug-likeness (QED) is 0.697. The van der Waals surface area contributed by atoms with Crippen LogP contribution in [0.4, 0.5) is 0 Å². The molecule has 4 nitrogen and oxygen atoms in total. The van der Waals surface area contributed by atoms with Crippen LogP contribution in [0.15, 0.2) is 11.6 Å². The average Bonchev–Trinajstić information content (AvgIpc) is 2.69. The maximum Gasteiger partial charge on any atom is 0.334 e. The smallest absolute Gasteiger partial charge is 0.334 e. The molecule has 4 heteroatoms. The van der Waals surface area contributed by atoms with Crippen molar-refractivity contribution in [3.63, 3.8) is 0 Å². The van der Waals surface area contributed by atoms with E-state index in [0.29, 0.717) is 6.61 Å². The van der Waals surface area contributed by atoms with E-state index >= 15 is 0 Å². The lowest BCUT2D eigenvalue weighted by Crippen LogP contribution is -2.55. The monoisotopic (exact) mass is 292 g/mol. The van der Waals surface area contributed by atoms with Gasteiger partial charge in [0.1, 0.15) is 6.10 Å². The summed E-state index contributed by atoms with van der Waals surface area (Å²) < 4.78 is 10.9. The summed E-state index contributed by atoms with van der Waals surface area (Å²) in [6.45, 7) is 8.66. The van der Waals surface area contributed by atoms with E-state index in [2.05, 4.69) is 20.8 Å². The van der Waals surface area contributed by atoms with Crippen LogP contribution in [0.5, 0.6) is 0 Å². The van der Waals surface area contributed by atoms with E-state index < -0.39 is 0 Å². The number of ether oxygens (including phenoxy) is 2. The molecule has 3 aliphatic rings. The molecule has 1 saturated carbocycles. The minimum absolute atomic E-state index is 0.0435. The van der Waals surface area contributed by atoms with E-state index in [1.807, 2.05) is 6.08 Å². The number of rotatable bonds is 1. The first-order chi connectivity index (χ1) is 9.75. The molecule has 1 aliphatic heterocycles. The lowest BCUT2D eigenvalue weighted by molar-refractivity contribution is -0.160. The largest absolute Gasteiger partial charge is 0.462 e. The highest BCUT2D eigenvalue weighted by Crippen LogP contribution is 2.61. The molecule has 0 aromatic heterocycles. The molecule has 3 rings (SSSR count). The van der Waals surface area contributed by atoms with Crippen LogP contribution >= 0.6 is 0 Å². The van der Waals surface area contributed by atoms with Gasteiger partial charge in [0.25, 0.3) is 0 Å². The molecular weight excluding hydrogens is 268 g/mol. The second kappa shape index (κ2) is 4.59. The van der Waals surface area contributed by atoms with Crippen molar-refractivity contribution >= 4 is 11.9 Å². The second-order valence-electron chi connectivity index (χ2n) is 7.67. The van der Waals surface area contributed by atoms with Gasteiger partial charge in [-0.15, -0.1) is 0 Å². The molecule has 21 heavy (non-hydrogen) atoms. The summed E-state index contributed by atoms with van der Waals surface area (Å²) in [7, 11) is 0. The highest BCUT2D eigenvalue weighted by molar-refractivity contribution is 5.91. The maximum absolute atomic E-state index is 12.0. The van der Waals surface area contributed by atoms with Gasteiger partial charge in [-0.05, 0) is 29.7 Å². The van der Waals surface area contributed by atoms with Crippen molar-refractivity contribution in [2.45, 2.75) is 53.1 Å². The lowest BCUT2D eigenvalue weighted by atomic mass is 9.48. The van der Waals surface area contributed by atoms with Crippen LogP contribution in [0.1, 0.15) is 47.0 Å².